The van der Waals surface area contributed by atoms with Gasteiger partial charge in [-0.25, -0.2) is 4.79 Å². The van der Waals surface area contributed by atoms with Crippen molar-refractivity contribution in [3.8, 4) is 11.8 Å². The summed E-state index contributed by atoms with van der Waals surface area (Å²) in [7, 11) is 1.28. The normalized spacial score (nSPS) is 12.7. The lowest BCUT2D eigenvalue weighted by molar-refractivity contribution is -0.143. The van der Waals surface area contributed by atoms with Crippen molar-refractivity contribution in [2.75, 3.05) is 30.5 Å². The second-order valence-electron chi connectivity index (χ2n) is 9.78. The standard InChI is InChI=1S/C31H38N4O5/c1-4-5-17-40-31(38)26-19-23(13-14-25(26)30(32)33)34-16-8-9-22-12-15-27(21(2)18-22)35(24-10-6-7-11-24)28(36)20-29(37)39-3/h12-15,18-19,24,34H,4-7,10-11,16-17,20H2,1-3H3,(H3,32,33). The number of hydrogen-bond donors (Lipinski definition) is 3. The number of methoxy groups -OCH3 is 1. The number of amides is 1. The number of ether oxygens (including phenoxy) is 2. The zero-order valence-corrected chi connectivity index (χ0v) is 23.5. The van der Waals surface area contributed by atoms with E-state index >= 15 is 0 Å². The fraction of sp³-hybridized carbons (Fsp3) is 0.419. The molecule has 1 aliphatic carbocycles. The van der Waals surface area contributed by atoms with Crippen LogP contribution in [-0.2, 0) is 19.1 Å². The Balaban J connectivity index is 1.71. The number of carbonyl (C=O) groups is 3. The van der Waals surface area contributed by atoms with Crippen LogP contribution in [0.1, 0.15) is 78.9 Å². The summed E-state index contributed by atoms with van der Waals surface area (Å²) in [6.45, 7) is 4.57. The Kier molecular flexibility index (Phi) is 11.1. The van der Waals surface area contributed by atoms with E-state index in [1.54, 1.807) is 23.1 Å². The van der Waals surface area contributed by atoms with E-state index in [1.165, 1.54) is 7.11 Å². The molecule has 1 saturated carbocycles. The molecule has 0 aliphatic heterocycles. The summed E-state index contributed by atoms with van der Waals surface area (Å²) in [6.07, 6.45) is 5.31. The second kappa shape index (κ2) is 14.7. The highest BCUT2D eigenvalue weighted by Gasteiger charge is 2.30. The predicted octanol–water partition coefficient (Wildman–Crippen LogP) is 4.54. The van der Waals surface area contributed by atoms with E-state index in [0.29, 0.717) is 24.4 Å². The largest absolute Gasteiger partial charge is 0.469 e. The fourth-order valence-corrected chi connectivity index (χ4v) is 4.72. The minimum Gasteiger partial charge on any atom is -0.469 e. The molecule has 0 unspecified atom stereocenters. The Morgan fingerprint density at radius 3 is 2.52 bits per heavy atom. The average molecular weight is 547 g/mol. The topological polar surface area (TPSA) is 135 Å². The second-order valence-corrected chi connectivity index (χ2v) is 9.78. The molecule has 9 heteroatoms. The van der Waals surface area contributed by atoms with Gasteiger partial charge in [0.25, 0.3) is 0 Å². The zero-order valence-electron chi connectivity index (χ0n) is 23.5. The summed E-state index contributed by atoms with van der Waals surface area (Å²) in [6, 6.07) is 10.7. The summed E-state index contributed by atoms with van der Waals surface area (Å²) in [5.74, 6) is 4.69. The Morgan fingerprint density at radius 2 is 1.88 bits per heavy atom. The molecule has 9 nitrogen and oxygen atoms in total. The van der Waals surface area contributed by atoms with Crippen LogP contribution in [0, 0.1) is 24.2 Å². The van der Waals surface area contributed by atoms with Gasteiger partial charge < -0.3 is 25.4 Å². The third-order valence-corrected chi connectivity index (χ3v) is 6.81. The molecule has 212 valence electrons. The molecule has 0 atom stereocenters. The van der Waals surface area contributed by atoms with Crippen LogP contribution in [-0.4, -0.2) is 50.0 Å². The van der Waals surface area contributed by atoms with Gasteiger partial charge in [-0.15, -0.1) is 0 Å². The minimum atomic E-state index is -0.544. The predicted molar refractivity (Wildman–Crippen MR) is 156 cm³/mol. The number of amidine groups is 1. The summed E-state index contributed by atoms with van der Waals surface area (Å²) >= 11 is 0. The number of carbonyl (C=O) groups excluding carboxylic acids is 3. The van der Waals surface area contributed by atoms with Gasteiger partial charge in [0.2, 0.25) is 5.91 Å². The number of hydrogen-bond acceptors (Lipinski definition) is 7. The third kappa shape index (κ3) is 8.09. The number of nitrogens with two attached hydrogens (primary N) is 1. The molecule has 3 rings (SSSR count). The van der Waals surface area contributed by atoms with Crippen molar-refractivity contribution in [1.82, 2.24) is 0 Å². The van der Waals surface area contributed by atoms with E-state index in [-0.39, 0.29) is 29.8 Å². The molecular weight excluding hydrogens is 508 g/mol. The number of benzene rings is 2. The first-order chi connectivity index (χ1) is 19.2. The molecule has 0 heterocycles. The van der Waals surface area contributed by atoms with Crippen LogP contribution in [0.2, 0.25) is 0 Å². The maximum absolute atomic E-state index is 13.0. The van der Waals surface area contributed by atoms with Gasteiger partial charge in [0.1, 0.15) is 12.3 Å². The Hall–Kier alpha value is -4.32. The minimum absolute atomic E-state index is 0.0696. The van der Waals surface area contributed by atoms with Gasteiger partial charge in [0.15, 0.2) is 0 Å². The summed E-state index contributed by atoms with van der Waals surface area (Å²) in [5, 5.41) is 10.9. The highest BCUT2D eigenvalue weighted by molar-refractivity contribution is 6.06. The lowest BCUT2D eigenvalue weighted by Crippen LogP contribution is -2.40. The molecule has 1 aliphatic rings. The van der Waals surface area contributed by atoms with E-state index in [9.17, 15) is 14.4 Å². The van der Waals surface area contributed by atoms with Crippen LogP contribution in [0.15, 0.2) is 36.4 Å². The number of anilines is 2. The number of nitrogens with one attached hydrogen (secondary N) is 2. The first kappa shape index (κ1) is 30.2. The quantitative estimate of drug-likeness (QED) is 0.0941. The van der Waals surface area contributed by atoms with Crippen molar-refractivity contribution in [3.05, 3.63) is 58.7 Å². The van der Waals surface area contributed by atoms with Crippen LogP contribution in [0.25, 0.3) is 0 Å². The maximum Gasteiger partial charge on any atom is 0.338 e. The van der Waals surface area contributed by atoms with Crippen molar-refractivity contribution < 1.29 is 23.9 Å². The molecule has 1 fully saturated rings. The van der Waals surface area contributed by atoms with Crippen molar-refractivity contribution in [1.29, 1.82) is 5.41 Å². The number of nitrogen functional groups attached to an aromatic ring is 1. The number of unbranched alkanes of at least 4 members (excludes halogenated alkanes) is 1. The van der Waals surface area contributed by atoms with E-state index in [0.717, 1.165) is 55.3 Å². The molecule has 0 spiro atoms. The van der Waals surface area contributed by atoms with Crippen molar-refractivity contribution in [2.45, 2.75) is 64.8 Å². The average Bonchev–Trinajstić information content (AvgIpc) is 3.46. The van der Waals surface area contributed by atoms with Gasteiger partial charge in [0.05, 0.1) is 25.8 Å². The number of aryl methyl sites for hydroxylation is 1. The molecule has 0 aromatic heterocycles. The van der Waals surface area contributed by atoms with E-state index in [1.807, 2.05) is 32.0 Å². The van der Waals surface area contributed by atoms with E-state index < -0.39 is 11.9 Å². The number of esters is 2. The number of nitrogens with zero attached hydrogens (tertiary/aromatic N) is 1. The van der Waals surface area contributed by atoms with E-state index in [2.05, 4.69) is 17.2 Å². The van der Waals surface area contributed by atoms with Crippen molar-refractivity contribution in [2.24, 2.45) is 5.73 Å². The lowest BCUT2D eigenvalue weighted by atomic mass is 10.1. The number of rotatable bonds is 11. The first-order valence-electron chi connectivity index (χ1n) is 13.6. The zero-order chi connectivity index (χ0) is 29.1. The molecule has 4 N–H and O–H groups in total. The van der Waals surface area contributed by atoms with Gasteiger partial charge in [-0.2, -0.15) is 0 Å². The first-order valence-corrected chi connectivity index (χ1v) is 13.6. The lowest BCUT2D eigenvalue weighted by Gasteiger charge is -2.30. The highest BCUT2D eigenvalue weighted by Crippen LogP contribution is 2.31. The van der Waals surface area contributed by atoms with Crippen molar-refractivity contribution >= 4 is 35.1 Å². The van der Waals surface area contributed by atoms with Crippen LogP contribution in [0.3, 0.4) is 0 Å². The monoisotopic (exact) mass is 546 g/mol. The smallest absolute Gasteiger partial charge is 0.338 e. The Bertz CT molecular complexity index is 1300. The highest BCUT2D eigenvalue weighted by atomic mass is 16.5. The SMILES string of the molecule is CCCCOC(=O)c1cc(NCC#Cc2ccc(N(C(=O)CC(=O)OC)C3CCCC3)c(C)c2)ccc1C(=N)N. The fourth-order valence-electron chi connectivity index (χ4n) is 4.72. The van der Waals surface area contributed by atoms with Gasteiger partial charge in [0, 0.05) is 28.5 Å². The molecule has 0 radical (unpaired) electrons. The van der Waals surface area contributed by atoms with E-state index in [4.69, 9.17) is 20.6 Å². The maximum atomic E-state index is 13.0. The molecular formula is C31H38N4O5. The summed E-state index contributed by atoms with van der Waals surface area (Å²) in [5.41, 5.74) is 9.35. The molecule has 2 aromatic carbocycles. The Morgan fingerprint density at radius 1 is 1.12 bits per heavy atom. The Labute approximate surface area is 235 Å². The van der Waals surface area contributed by atoms with Gasteiger partial charge in [-0.1, -0.05) is 38.0 Å². The molecule has 0 bridgehead atoms. The van der Waals surface area contributed by atoms with Crippen LogP contribution < -0.4 is 16.0 Å². The summed E-state index contributed by atoms with van der Waals surface area (Å²) < 4.78 is 10.0. The van der Waals surface area contributed by atoms with Crippen LogP contribution in [0.4, 0.5) is 11.4 Å². The van der Waals surface area contributed by atoms with Crippen LogP contribution in [0.5, 0.6) is 0 Å². The molecule has 0 saturated heterocycles. The van der Waals surface area contributed by atoms with Crippen LogP contribution >= 0.6 is 0 Å². The molecule has 1 amide bonds. The molecule has 40 heavy (non-hydrogen) atoms. The third-order valence-electron chi connectivity index (χ3n) is 6.81. The van der Waals surface area contributed by atoms with Gasteiger partial charge >= 0.3 is 11.9 Å². The van der Waals surface area contributed by atoms with Gasteiger partial charge in [-0.3, -0.25) is 15.0 Å². The van der Waals surface area contributed by atoms with Gasteiger partial charge in [-0.05, 0) is 68.1 Å². The van der Waals surface area contributed by atoms with Crippen molar-refractivity contribution in [3.63, 3.8) is 0 Å². The summed E-state index contributed by atoms with van der Waals surface area (Å²) in [4.78, 5) is 39.1. The molecule has 2 aromatic rings.